The molecule has 1 aromatic carbocycles. The molecule has 4 heterocycles. The van der Waals surface area contributed by atoms with Crippen molar-refractivity contribution in [1.82, 2.24) is 45.5 Å². The van der Waals surface area contributed by atoms with Gasteiger partial charge in [-0.15, -0.1) is 0 Å². The molecule has 46 heavy (non-hydrogen) atoms. The third kappa shape index (κ3) is 7.29. The van der Waals surface area contributed by atoms with Crippen molar-refractivity contribution >= 4 is 40.6 Å². The highest BCUT2D eigenvalue weighted by Gasteiger charge is 2.27. The lowest BCUT2D eigenvalue weighted by molar-refractivity contribution is -0.130. The zero-order valence-electron chi connectivity index (χ0n) is 26.2. The first-order chi connectivity index (χ1) is 22.2. The third-order valence-electron chi connectivity index (χ3n) is 8.56. The van der Waals surface area contributed by atoms with Crippen LogP contribution in [-0.2, 0) is 22.7 Å². The minimum absolute atomic E-state index is 0.0881. The molecule has 3 aromatic rings. The molecule has 5 rings (SSSR count). The van der Waals surface area contributed by atoms with Gasteiger partial charge in [0.25, 0.3) is 17.7 Å². The summed E-state index contributed by atoms with van der Waals surface area (Å²) >= 11 is 0. The molecule has 2 aliphatic rings. The summed E-state index contributed by atoms with van der Waals surface area (Å²) < 4.78 is 3.05. The van der Waals surface area contributed by atoms with Crippen LogP contribution < -0.4 is 27.0 Å². The van der Waals surface area contributed by atoms with Crippen LogP contribution in [0.5, 0.6) is 0 Å². The van der Waals surface area contributed by atoms with Gasteiger partial charge in [0.05, 0.1) is 17.6 Å². The van der Waals surface area contributed by atoms with Gasteiger partial charge >= 0.3 is 5.69 Å². The Kier molecular flexibility index (Phi) is 10.2. The number of H-pyrrole nitrogens is 1. The summed E-state index contributed by atoms with van der Waals surface area (Å²) in [5, 5.41) is 15.7. The lowest BCUT2D eigenvalue weighted by atomic mass is 9.98. The fourth-order valence-electron chi connectivity index (χ4n) is 5.74. The number of nitrogens with one attached hydrogen (secondary N) is 5. The maximum Gasteiger partial charge on any atom is 0.326 e. The SMILES string of the molecule is CC[C@H](C)[C@@H]1NC(=O)CCCN(C(=O)c2cc3n(n2)CCNC3=O)CCCNC(=O)c2ccc3[nH]c(=O)n(c3c2)CCCNC1=O. The average Bonchev–Trinajstić information content (AvgIpc) is 3.62. The second-order valence-electron chi connectivity index (χ2n) is 11.8. The van der Waals surface area contributed by atoms with E-state index in [-0.39, 0.29) is 79.4 Å². The highest BCUT2D eigenvalue weighted by Crippen LogP contribution is 2.15. The molecule has 5 amide bonds. The van der Waals surface area contributed by atoms with E-state index in [1.165, 1.54) is 15.3 Å². The highest BCUT2D eigenvalue weighted by atomic mass is 16.2. The first-order valence-electron chi connectivity index (χ1n) is 15.9. The third-order valence-corrected chi connectivity index (χ3v) is 8.56. The van der Waals surface area contributed by atoms with Crippen LogP contribution in [-0.4, -0.2) is 92.5 Å². The predicted octanol–water partition coefficient (Wildman–Crippen LogP) is 0.363. The minimum atomic E-state index is -0.734. The number of carbonyl (C=O) groups is 5. The Morgan fingerprint density at radius 3 is 2.43 bits per heavy atom. The summed E-state index contributed by atoms with van der Waals surface area (Å²) in [5.41, 5.74) is 1.68. The first-order valence-corrected chi connectivity index (χ1v) is 15.9. The summed E-state index contributed by atoms with van der Waals surface area (Å²) in [5.74, 6) is -1.73. The van der Waals surface area contributed by atoms with Crippen LogP contribution in [0.4, 0.5) is 0 Å². The van der Waals surface area contributed by atoms with E-state index in [0.717, 1.165) is 0 Å². The number of aromatic amines is 1. The predicted molar refractivity (Wildman–Crippen MR) is 168 cm³/mol. The van der Waals surface area contributed by atoms with Gasteiger partial charge in [0.1, 0.15) is 11.7 Å². The monoisotopic (exact) mass is 635 g/mol. The fourth-order valence-corrected chi connectivity index (χ4v) is 5.74. The number of amides is 5. The lowest BCUT2D eigenvalue weighted by Crippen LogP contribution is -2.50. The number of imidazole rings is 1. The van der Waals surface area contributed by atoms with Gasteiger partial charge in [0.15, 0.2) is 5.69 Å². The molecule has 0 saturated carbocycles. The molecule has 0 radical (unpaired) electrons. The molecule has 0 saturated heterocycles. The number of fused-ring (bicyclic) bond motifs is 2. The summed E-state index contributed by atoms with van der Waals surface area (Å²) in [6.45, 7) is 6.10. The molecular formula is C31H41N9O6. The second kappa shape index (κ2) is 14.4. The first kappa shape index (κ1) is 32.4. The number of carbonyl (C=O) groups excluding carboxylic acids is 5. The molecule has 5 N–H and O–H groups in total. The van der Waals surface area contributed by atoms with Crippen molar-refractivity contribution in [2.45, 2.75) is 65.1 Å². The quantitative estimate of drug-likeness (QED) is 0.274. The van der Waals surface area contributed by atoms with Gasteiger partial charge in [-0.2, -0.15) is 5.10 Å². The maximum absolute atomic E-state index is 13.6. The van der Waals surface area contributed by atoms with Crippen molar-refractivity contribution in [1.29, 1.82) is 0 Å². The molecule has 0 fully saturated rings. The maximum atomic E-state index is 13.6. The Bertz CT molecular complexity index is 1690. The molecule has 2 aliphatic heterocycles. The van der Waals surface area contributed by atoms with Crippen molar-refractivity contribution in [2.75, 3.05) is 32.7 Å². The number of hydrogen-bond acceptors (Lipinski definition) is 7. The average molecular weight is 636 g/mol. The number of aromatic nitrogens is 4. The minimum Gasteiger partial charge on any atom is -0.354 e. The number of hydrogen-bond donors (Lipinski definition) is 5. The molecular weight excluding hydrogens is 594 g/mol. The highest BCUT2D eigenvalue weighted by molar-refractivity contribution is 5.99. The van der Waals surface area contributed by atoms with Crippen molar-refractivity contribution in [3.05, 3.63) is 51.7 Å². The molecule has 2 bridgehead atoms. The lowest BCUT2D eigenvalue weighted by Gasteiger charge is -2.24. The fraction of sp³-hybridized carbons (Fsp3) is 0.516. The van der Waals surface area contributed by atoms with E-state index >= 15 is 0 Å². The topological polar surface area (TPSA) is 192 Å². The summed E-state index contributed by atoms with van der Waals surface area (Å²) in [7, 11) is 0. The standard InChI is InChI=1S/C31H41N9O6/c1-3-19(2)26-29(44)33-11-6-15-39-23-17-20(8-9-21(23)35-31(39)46)27(42)32-10-5-14-38(13-4-7-25(41)36-26)30(45)22-18-24-28(43)34-12-16-40(24)37-22/h8-9,17-19,26H,3-7,10-16H2,1-2H3,(H,32,42)(H,33,44)(H,34,43)(H,35,46)(H,36,41)/t19-,26-/m0/s1. The van der Waals surface area contributed by atoms with Crippen LogP contribution in [0, 0.1) is 5.92 Å². The van der Waals surface area contributed by atoms with E-state index in [4.69, 9.17) is 0 Å². The van der Waals surface area contributed by atoms with Gasteiger partial charge in [-0.05, 0) is 43.4 Å². The normalized spacial score (nSPS) is 19.8. The van der Waals surface area contributed by atoms with Crippen LogP contribution in [0.3, 0.4) is 0 Å². The van der Waals surface area contributed by atoms with Gasteiger partial charge in [-0.1, -0.05) is 20.3 Å². The van der Waals surface area contributed by atoms with Crippen LogP contribution in [0.2, 0.25) is 0 Å². The Morgan fingerprint density at radius 2 is 1.65 bits per heavy atom. The summed E-state index contributed by atoms with van der Waals surface area (Å²) in [4.78, 5) is 82.0. The van der Waals surface area contributed by atoms with Gasteiger partial charge in [-0.3, -0.25) is 33.2 Å². The largest absolute Gasteiger partial charge is 0.354 e. The molecule has 15 nitrogen and oxygen atoms in total. The van der Waals surface area contributed by atoms with Crippen molar-refractivity contribution in [3.63, 3.8) is 0 Å². The molecule has 0 unspecified atom stereocenters. The Labute approximate surface area is 265 Å². The number of aryl methyl sites for hydroxylation is 1. The Hall–Kier alpha value is -4.95. The van der Waals surface area contributed by atoms with E-state index in [9.17, 15) is 28.8 Å². The number of rotatable bonds is 3. The van der Waals surface area contributed by atoms with E-state index in [0.29, 0.717) is 67.6 Å². The van der Waals surface area contributed by atoms with Crippen molar-refractivity contribution in [2.24, 2.45) is 5.92 Å². The smallest absolute Gasteiger partial charge is 0.326 e. The van der Waals surface area contributed by atoms with E-state index in [1.54, 1.807) is 23.1 Å². The number of nitrogens with zero attached hydrogens (tertiary/aromatic N) is 4. The van der Waals surface area contributed by atoms with Gasteiger partial charge < -0.3 is 31.2 Å². The zero-order chi connectivity index (χ0) is 32.8. The van der Waals surface area contributed by atoms with E-state index < -0.39 is 6.04 Å². The Balaban J connectivity index is 1.36. The van der Waals surface area contributed by atoms with Gasteiger partial charge in [0.2, 0.25) is 11.8 Å². The van der Waals surface area contributed by atoms with Crippen LogP contribution >= 0.6 is 0 Å². The van der Waals surface area contributed by atoms with E-state index in [2.05, 4.69) is 31.3 Å². The molecule has 2 atom stereocenters. The molecule has 0 aliphatic carbocycles. The molecule has 0 spiro atoms. The van der Waals surface area contributed by atoms with Crippen LogP contribution in [0.1, 0.15) is 77.3 Å². The van der Waals surface area contributed by atoms with Gasteiger partial charge in [0, 0.05) is 57.3 Å². The molecule has 246 valence electrons. The Morgan fingerprint density at radius 1 is 0.913 bits per heavy atom. The van der Waals surface area contributed by atoms with Crippen molar-refractivity contribution < 1.29 is 24.0 Å². The van der Waals surface area contributed by atoms with Crippen LogP contribution in [0.15, 0.2) is 29.1 Å². The zero-order valence-corrected chi connectivity index (χ0v) is 26.2. The van der Waals surface area contributed by atoms with Crippen molar-refractivity contribution in [3.8, 4) is 0 Å². The van der Waals surface area contributed by atoms with Crippen LogP contribution in [0.25, 0.3) is 11.0 Å². The van der Waals surface area contributed by atoms with E-state index in [1.807, 2.05) is 13.8 Å². The van der Waals surface area contributed by atoms with Gasteiger partial charge in [-0.25, -0.2) is 4.79 Å². The molecule has 15 heteroatoms. The second-order valence-corrected chi connectivity index (χ2v) is 11.8. The molecule has 2 aromatic heterocycles. The number of benzene rings is 1. The summed E-state index contributed by atoms with van der Waals surface area (Å²) in [6, 6.07) is 5.72. The summed E-state index contributed by atoms with van der Waals surface area (Å²) in [6.07, 6.45) is 1.98.